The van der Waals surface area contributed by atoms with Gasteiger partial charge in [0.1, 0.15) is 0 Å². The Bertz CT molecular complexity index is 384. The van der Waals surface area contributed by atoms with Crippen LogP contribution in [0.25, 0.3) is 0 Å². The maximum absolute atomic E-state index is 13.3. The summed E-state index contributed by atoms with van der Waals surface area (Å²) in [6, 6.07) is 3.59. The molecule has 1 rings (SSSR count). The van der Waals surface area contributed by atoms with Crippen LogP contribution in [0.2, 0.25) is 0 Å². The number of rotatable bonds is 7. The molecule has 5 nitrogen and oxygen atoms in total. The Morgan fingerprint density at radius 2 is 2.12 bits per heavy atom. The van der Waals surface area contributed by atoms with E-state index in [1.807, 2.05) is 0 Å². The van der Waals surface area contributed by atoms with E-state index in [1.54, 1.807) is 0 Å². The van der Waals surface area contributed by atoms with Gasteiger partial charge >= 0.3 is 5.69 Å². The highest BCUT2D eigenvalue weighted by Crippen LogP contribution is 2.29. The zero-order chi connectivity index (χ0) is 12.7. The number of hydrogen-bond acceptors (Lipinski definition) is 4. The molecule has 0 aromatic heterocycles. The van der Waals surface area contributed by atoms with Gasteiger partial charge in [0.2, 0.25) is 5.75 Å². The van der Waals surface area contributed by atoms with Crippen LogP contribution in [0.1, 0.15) is 19.3 Å². The van der Waals surface area contributed by atoms with Crippen LogP contribution >= 0.6 is 0 Å². The summed E-state index contributed by atoms with van der Waals surface area (Å²) < 4.78 is 18.4. The standard InChI is InChI=1S/C11H14FNO4/c12-9-5-4-6-10(13(15)16)11(9)17-8-3-1-2-7-14/h4-6,14H,1-3,7-8H2. The fraction of sp³-hybridized carbons (Fsp3) is 0.455. The number of aliphatic hydroxyl groups excluding tert-OH is 1. The van der Waals surface area contributed by atoms with Crippen LogP contribution in [0.15, 0.2) is 18.2 Å². The number of nitrogens with zero attached hydrogens (tertiary/aromatic N) is 1. The second kappa shape index (κ2) is 6.80. The quantitative estimate of drug-likeness (QED) is 0.453. The van der Waals surface area contributed by atoms with Gasteiger partial charge in [-0.05, 0) is 25.3 Å². The molecule has 0 fully saturated rings. The molecular weight excluding hydrogens is 229 g/mol. The van der Waals surface area contributed by atoms with Gasteiger partial charge in [-0.1, -0.05) is 6.07 Å². The molecule has 1 aromatic rings. The van der Waals surface area contributed by atoms with Gasteiger partial charge in [0.15, 0.2) is 5.82 Å². The molecule has 0 heterocycles. The Kier molecular flexibility index (Phi) is 5.35. The summed E-state index contributed by atoms with van der Waals surface area (Å²) >= 11 is 0. The van der Waals surface area contributed by atoms with Crippen molar-refractivity contribution in [1.82, 2.24) is 0 Å². The first-order valence-electron chi connectivity index (χ1n) is 5.33. The molecule has 0 aliphatic rings. The van der Waals surface area contributed by atoms with E-state index in [-0.39, 0.29) is 24.7 Å². The van der Waals surface area contributed by atoms with E-state index in [4.69, 9.17) is 9.84 Å². The summed E-state index contributed by atoms with van der Waals surface area (Å²) in [6.45, 7) is 0.293. The van der Waals surface area contributed by atoms with Crippen molar-refractivity contribution in [2.45, 2.75) is 19.3 Å². The molecule has 0 saturated heterocycles. The summed E-state index contributed by atoms with van der Waals surface area (Å²) in [5.41, 5.74) is -0.368. The van der Waals surface area contributed by atoms with Crippen LogP contribution in [0.4, 0.5) is 10.1 Å². The van der Waals surface area contributed by atoms with Gasteiger partial charge in [-0.2, -0.15) is 0 Å². The number of hydrogen-bond donors (Lipinski definition) is 1. The van der Waals surface area contributed by atoms with E-state index in [0.29, 0.717) is 12.8 Å². The third-order valence-corrected chi connectivity index (χ3v) is 2.19. The lowest BCUT2D eigenvalue weighted by molar-refractivity contribution is -0.386. The number of benzene rings is 1. The normalized spacial score (nSPS) is 10.2. The molecule has 0 bridgehead atoms. The van der Waals surface area contributed by atoms with Crippen molar-refractivity contribution in [1.29, 1.82) is 0 Å². The molecule has 0 saturated carbocycles. The van der Waals surface area contributed by atoms with Gasteiger partial charge in [-0.15, -0.1) is 0 Å². The third-order valence-electron chi connectivity index (χ3n) is 2.19. The zero-order valence-electron chi connectivity index (χ0n) is 9.26. The summed E-state index contributed by atoms with van der Waals surface area (Å²) in [5, 5.41) is 19.2. The van der Waals surface area contributed by atoms with Crippen LogP contribution in [-0.4, -0.2) is 23.2 Å². The summed E-state index contributed by atoms with van der Waals surface area (Å²) in [7, 11) is 0. The second-order valence-electron chi connectivity index (χ2n) is 3.48. The minimum absolute atomic E-state index is 0.0971. The van der Waals surface area contributed by atoms with Gasteiger partial charge < -0.3 is 9.84 Å². The fourth-order valence-corrected chi connectivity index (χ4v) is 1.35. The van der Waals surface area contributed by atoms with Gasteiger partial charge in [0.05, 0.1) is 11.5 Å². The molecule has 94 valence electrons. The first kappa shape index (κ1) is 13.4. The third kappa shape index (κ3) is 3.99. The Morgan fingerprint density at radius 1 is 1.35 bits per heavy atom. The largest absolute Gasteiger partial charge is 0.485 e. The smallest absolute Gasteiger partial charge is 0.314 e. The maximum Gasteiger partial charge on any atom is 0.314 e. The van der Waals surface area contributed by atoms with E-state index in [0.717, 1.165) is 12.5 Å². The van der Waals surface area contributed by atoms with Crippen molar-refractivity contribution < 1.29 is 19.2 Å². The van der Waals surface area contributed by atoms with Crippen LogP contribution < -0.4 is 4.74 Å². The van der Waals surface area contributed by atoms with Crippen molar-refractivity contribution in [3.8, 4) is 5.75 Å². The predicted octanol–water partition coefficient (Wildman–Crippen LogP) is 2.28. The topological polar surface area (TPSA) is 72.6 Å². The van der Waals surface area contributed by atoms with Crippen LogP contribution in [0.3, 0.4) is 0 Å². The van der Waals surface area contributed by atoms with E-state index >= 15 is 0 Å². The van der Waals surface area contributed by atoms with Gasteiger partial charge in [0.25, 0.3) is 0 Å². The van der Waals surface area contributed by atoms with Crippen molar-refractivity contribution in [2.75, 3.05) is 13.2 Å². The molecule has 1 aromatic carbocycles. The second-order valence-corrected chi connectivity index (χ2v) is 3.48. The molecule has 1 N–H and O–H groups in total. The van der Waals surface area contributed by atoms with E-state index in [9.17, 15) is 14.5 Å². The predicted molar refractivity (Wildman–Crippen MR) is 59.5 cm³/mol. The van der Waals surface area contributed by atoms with E-state index in [1.165, 1.54) is 12.1 Å². The Balaban J connectivity index is 2.60. The van der Waals surface area contributed by atoms with Gasteiger partial charge in [-0.25, -0.2) is 4.39 Å². The highest BCUT2D eigenvalue weighted by molar-refractivity contribution is 5.46. The molecule has 17 heavy (non-hydrogen) atoms. The van der Waals surface area contributed by atoms with Gasteiger partial charge in [-0.3, -0.25) is 10.1 Å². The molecule has 0 radical (unpaired) electrons. The highest BCUT2D eigenvalue weighted by Gasteiger charge is 2.18. The van der Waals surface area contributed by atoms with E-state index in [2.05, 4.69) is 0 Å². The average molecular weight is 243 g/mol. The number of aliphatic hydroxyl groups is 1. The highest BCUT2D eigenvalue weighted by atomic mass is 19.1. The summed E-state index contributed by atoms with van der Waals surface area (Å²) in [5.74, 6) is -1.05. The first-order chi connectivity index (χ1) is 8.16. The molecule has 0 atom stereocenters. The average Bonchev–Trinajstić information content (AvgIpc) is 2.30. The molecule has 0 unspecified atom stereocenters. The van der Waals surface area contributed by atoms with Crippen molar-refractivity contribution in [3.63, 3.8) is 0 Å². The molecule has 0 amide bonds. The number of halogens is 1. The van der Waals surface area contributed by atoms with Crippen LogP contribution in [-0.2, 0) is 0 Å². The van der Waals surface area contributed by atoms with Crippen molar-refractivity contribution in [3.05, 3.63) is 34.1 Å². The van der Waals surface area contributed by atoms with E-state index < -0.39 is 10.7 Å². The number of ether oxygens (including phenoxy) is 1. The van der Waals surface area contributed by atoms with Crippen LogP contribution in [0.5, 0.6) is 5.75 Å². The molecule has 0 spiro atoms. The number of nitro groups is 1. The SMILES string of the molecule is O=[N+]([O-])c1cccc(F)c1OCCCCCO. The molecule has 0 aliphatic heterocycles. The van der Waals surface area contributed by atoms with Crippen molar-refractivity contribution in [2.24, 2.45) is 0 Å². The number of unbranched alkanes of at least 4 members (excludes halogenated alkanes) is 2. The minimum Gasteiger partial charge on any atom is -0.485 e. The Labute approximate surface area is 98.0 Å². The Morgan fingerprint density at radius 3 is 2.76 bits per heavy atom. The number of para-hydroxylation sites is 1. The molecule has 6 heteroatoms. The van der Waals surface area contributed by atoms with Crippen molar-refractivity contribution >= 4 is 5.69 Å². The Hall–Kier alpha value is -1.69. The van der Waals surface area contributed by atoms with Crippen LogP contribution in [0, 0.1) is 15.9 Å². The van der Waals surface area contributed by atoms with Gasteiger partial charge in [0, 0.05) is 12.7 Å². The fourth-order valence-electron chi connectivity index (χ4n) is 1.35. The summed E-state index contributed by atoms with van der Waals surface area (Å²) in [6.07, 6.45) is 1.99. The molecule has 0 aliphatic carbocycles. The summed E-state index contributed by atoms with van der Waals surface area (Å²) in [4.78, 5) is 9.96. The monoisotopic (exact) mass is 243 g/mol. The lowest BCUT2D eigenvalue weighted by atomic mass is 10.2. The maximum atomic E-state index is 13.3. The zero-order valence-corrected chi connectivity index (χ0v) is 9.26. The first-order valence-corrected chi connectivity index (χ1v) is 5.33. The lowest BCUT2D eigenvalue weighted by Crippen LogP contribution is -2.03. The molecular formula is C11H14FNO4. The minimum atomic E-state index is -0.735. The lowest BCUT2D eigenvalue weighted by Gasteiger charge is -2.07. The number of nitro benzene ring substituents is 1.